The maximum Gasteiger partial charge on any atom is 0.156 e. The van der Waals surface area contributed by atoms with E-state index < -0.39 is 0 Å². The van der Waals surface area contributed by atoms with Crippen LogP contribution in [-0.2, 0) is 4.79 Å². The average Bonchev–Trinajstić information content (AvgIpc) is 2.14. The molecule has 0 fully saturated rings. The number of allylic oxidation sites excluding steroid dienone is 1. The van der Waals surface area contributed by atoms with Crippen LogP contribution in [0.2, 0.25) is 0 Å². The van der Waals surface area contributed by atoms with Crippen molar-refractivity contribution in [3.05, 3.63) is 36.2 Å². The van der Waals surface area contributed by atoms with Crippen LogP contribution in [0.4, 0.5) is 0 Å². The second-order valence-electron chi connectivity index (χ2n) is 4.82. The van der Waals surface area contributed by atoms with Crippen LogP contribution in [0.5, 0.6) is 0 Å². The third-order valence-electron chi connectivity index (χ3n) is 1.85. The molecule has 2 heteroatoms. The van der Waals surface area contributed by atoms with Crippen molar-refractivity contribution in [1.29, 1.82) is 0 Å². The topological polar surface area (TPSA) is 30.0 Å². The standard InChI is InChI=1S/C13H17NO/c1-13(2,3)9-12(15)7-6-11-5-4-8-14-10-11/h4-8,10H,9H2,1-3H3/b7-6+. The first-order valence-corrected chi connectivity index (χ1v) is 5.08. The summed E-state index contributed by atoms with van der Waals surface area (Å²) in [5.41, 5.74) is 1.01. The minimum Gasteiger partial charge on any atom is -0.295 e. The van der Waals surface area contributed by atoms with Gasteiger partial charge in [-0.2, -0.15) is 0 Å². The van der Waals surface area contributed by atoms with Crippen molar-refractivity contribution in [1.82, 2.24) is 4.98 Å². The summed E-state index contributed by atoms with van der Waals surface area (Å²) in [5, 5.41) is 0. The number of carbonyl (C=O) groups excluding carboxylic acids is 1. The minimum atomic E-state index is 0.0519. The Balaban J connectivity index is 2.56. The highest BCUT2D eigenvalue weighted by molar-refractivity contribution is 5.93. The summed E-state index contributed by atoms with van der Waals surface area (Å²) in [4.78, 5) is 15.5. The summed E-state index contributed by atoms with van der Waals surface area (Å²) in [6, 6.07) is 3.78. The number of carbonyl (C=O) groups is 1. The summed E-state index contributed by atoms with van der Waals surface area (Å²) in [6.07, 6.45) is 7.46. The first-order chi connectivity index (χ1) is 6.97. The molecule has 0 aromatic carbocycles. The van der Waals surface area contributed by atoms with E-state index >= 15 is 0 Å². The smallest absolute Gasteiger partial charge is 0.156 e. The Morgan fingerprint density at radius 3 is 2.73 bits per heavy atom. The Kier molecular flexibility index (Phi) is 3.78. The monoisotopic (exact) mass is 203 g/mol. The second kappa shape index (κ2) is 4.87. The first-order valence-electron chi connectivity index (χ1n) is 5.08. The third-order valence-corrected chi connectivity index (χ3v) is 1.85. The minimum absolute atomic E-state index is 0.0519. The molecule has 0 aliphatic rings. The fourth-order valence-electron chi connectivity index (χ4n) is 1.25. The van der Waals surface area contributed by atoms with E-state index in [4.69, 9.17) is 0 Å². The van der Waals surface area contributed by atoms with E-state index in [2.05, 4.69) is 25.8 Å². The van der Waals surface area contributed by atoms with Gasteiger partial charge in [0.15, 0.2) is 5.78 Å². The molecule has 0 unspecified atom stereocenters. The van der Waals surface area contributed by atoms with E-state index in [1.54, 1.807) is 24.5 Å². The van der Waals surface area contributed by atoms with E-state index in [1.165, 1.54) is 0 Å². The molecule has 0 radical (unpaired) electrons. The lowest BCUT2D eigenvalue weighted by Gasteiger charge is -2.14. The van der Waals surface area contributed by atoms with Crippen LogP contribution >= 0.6 is 0 Å². The molecule has 1 aromatic heterocycles. The highest BCUT2D eigenvalue weighted by atomic mass is 16.1. The molecule has 0 saturated heterocycles. The largest absolute Gasteiger partial charge is 0.295 e. The second-order valence-corrected chi connectivity index (χ2v) is 4.82. The Labute approximate surface area is 91.0 Å². The van der Waals surface area contributed by atoms with Gasteiger partial charge in [-0.25, -0.2) is 0 Å². The molecule has 0 atom stereocenters. The zero-order valence-corrected chi connectivity index (χ0v) is 9.53. The highest BCUT2D eigenvalue weighted by Crippen LogP contribution is 2.19. The van der Waals surface area contributed by atoms with Gasteiger partial charge >= 0.3 is 0 Å². The van der Waals surface area contributed by atoms with Gasteiger partial charge < -0.3 is 0 Å². The molecule has 1 aromatic rings. The molecule has 0 bridgehead atoms. The zero-order chi connectivity index (χ0) is 11.3. The van der Waals surface area contributed by atoms with Gasteiger partial charge in [-0.15, -0.1) is 0 Å². The SMILES string of the molecule is CC(C)(C)CC(=O)/C=C/c1cccnc1. The van der Waals surface area contributed by atoms with Crippen molar-refractivity contribution in [2.45, 2.75) is 27.2 Å². The summed E-state index contributed by atoms with van der Waals surface area (Å²) in [5.74, 6) is 0.159. The number of hydrogen-bond donors (Lipinski definition) is 0. The summed E-state index contributed by atoms with van der Waals surface area (Å²) in [6.45, 7) is 6.18. The predicted octanol–water partition coefficient (Wildman–Crippen LogP) is 3.10. The molecule has 2 nitrogen and oxygen atoms in total. The van der Waals surface area contributed by atoms with E-state index in [0.717, 1.165) is 5.56 Å². The van der Waals surface area contributed by atoms with E-state index in [9.17, 15) is 4.79 Å². The van der Waals surface area contributed by atoms with Gasteiger partial charge in [0.2, 0.25) is 0 Å². The van der Waals surface area contributed by atoms with Crippen molar-refractivity contribution >= 4 is 11.9 Å². The van der Waals surface area contributed by atoms with Crippen molar-refractivity contribution < 1.29 is 4.79 Å². The molecule has 80 valence electrons. The normalized spacial score (nSPS) is 11.9. The van der Waals surface area contributed by atoms with Crippen LogP contribution in [0.1, 0.15) is 32.8 Å². The Morgan fingerprint density at radius 1 is 1.47 bits per heavy atom. The summed E-state index contributed by atoms with van der Waals surface area (Å²) in [7, 11) is 0. The number of hydrogen-bond acceptors (Lipinski definition) is 2. The first kappa shape index (κ1) is 11.6. The van der Waals surface area contributed by atoms with Crippen LogP contribution in [0.15, 0.2) is 30.6 Å². The molecule has 0 saturated carbocycles. The molecule has 0 aliphatic heterocycles. The molecular weight excluding hydrogens is 186 g/mol. The highest BCUT2D eigenvalue weighted by Gasteiger charge is 2.13. The number of pyridine rings is 1. The number of aromatic nitrogens is 1. The van der Waals surface area contributed by atoms with Crippen molar-refractivity contribution in [3.63, 3.8) is 0 Å². The number of rotatable bonds is 3. The molecule has 0 spiro atoms. The van der Waals surface area contributed by atoms with Gasteiger partial charge in [0.1, 0.15) is 0 Å². The van der Waals surface area contributed by atoms with Crippen molar-refractivity contribution in [2.75, 3.05) is 0 Å². The third kappa shape index (κ3) is 5.11. The van der Waals surface area contributed by atoms with E-state index in [0.29, 0.717) is 6.42 Å². The molecule has 0 amide bonds. The molecule has 1 heterocycles. The molecular formula is C13H17NO. The van der Waals surface area contributed by atoms with Crippen molar-refractivity contribution in [3.8, 4) is 0 Å². The molecule has 1 rings (SSSR count). The lowest BCUT2D eigenvalue weighted by molar-refractivity contribution is -0.116. The van der Waals surface area contributed by atoms with Crippen molar-refractivity contribution in [2.24, 2.45) is 5.41 Å². The molecule has 0 aliphatic carbocycles. The fraction of sp³-hybridized carbons (Fsp3) is 0.385. The zero-order valence-electron chi connectivity index (χ0n) is 9.53. The number of ketones is 1. The Morgan fingerprint density at radius 2 is 2.20 bits per heavy atom. The van der Waals surface area contributed by atoms with Gasteiger partial charge in [0.05, 0.1) is 0 Å². The van der Waals surface area contributed by atoms with Crippen LogP contribution in [0, 0.1) is 5.41 Å². The van der Waals surface area contributed by atoms with E-state index in [1.807, 2.05) is 12.1 Å². The van der Waals surface area contributed by atoms with E-state index in [-0.39, 0.29) is 11.2 Å². The van der Waals surface area contributed by atoms with Crippen LogP contribution in [-0.4, -0.2) is 10.8 Å². The fourth-order valence-corrected chi connectivity index (χ4v) is 1.25. The van der Waals surface area contributed by atoms with Gasteiger partial charge in [-0.05, 0) is 29.2 Å². The maximum absolute atomic E-state index is 11.5. The molecule has 0 N–H and O–H groups in total. The van der Waals surface area contributed by atoms with Crippen LogP contribution in [0.25, 0.3) is 6.08 Å². The predicted molar refractivity (Wildman–Crippen MR) is 62.4 cm³/mol. The van der Waals surface area contributed by atoms with Gasteiger partial charge in [0.25, 0.3) is 0 Å². The summed E-state index contributed by atoms with van der Waals surface area (Å²) < 4.78 is 0. The van der Waals surface area contributed by atoms with Crippen LogP contribution < -0.4 is 0 Å². The quantitative estimate of drug-likeness (QED) is 0.706. The number of nitrogens with zero attached hydrogens (tertiary/aromatic N) is 1. The Hall–Kier alpha value is -1.44. The lowest BCUT2D eigenvalue weighted by Crippen LogP contribution is -2.10. The summed E-state index contributed by atoms with van der Waals surface area (Å²) >= 11 is 0. The average molecular weight is 203 g/mol. The Bertz CT molecular complexity index is 347. The van der Waals surface area contributed by atoms with Gasteiger partial charge in [-0.1, -0.05) is 26.8 Å². The molecule has 15 heavy (non-hydrogen) atoms. The lowest BCUT2D eigenvalue weighted by atomic mass is 9.90. The van der Waals surface area contributed by atoms with Gasteiger partial charge in [-0.3, -0.25) is 9.78 Å². The van der Waals surface area contributed by atoms with Crippen LogP contribution in [0.3, 0.4) is 0 Å². The van der Waals surface area contributed by atoms with Gasteiger partial charge in [0, 0.05) is 18.8 Å². The maximum atomic E-state index is 11.5.